The summed E-state index contributed by atoms with van der Waals surface area (Å²) in [6, 6.07) is 6.67. The molecule has 0 saturated carbocycles. The highest BCUT2D eigenvalue weighted by atomic mass is 32.2. The third-order valence-electron chi connectivity index (χ3n) is 2.51. The van der Waals surface area contributed by atoms with Crippen molar-refractivity contribution in [2.45, 2.75) is 32.1 Å². The molecule has 1 atom stereocenters. The van der Waals surface area contributed by atoms with Crippen LogP contribution in [0.25, 0.3) is 0 Å². The van der Waals surface area contributed by atoms with Crippen LogP contribution >= 0.6 is 0 Å². The molecule has 16 heavy (non-hydrogen) atoms. The van der Waals surface area contributed by atoms with Gasteiger partial charge in [0.25, 0.3) is 10.1 Å². The number of hydrogen-bond acceptors (Lipinski definition) is 3. The first-order chi connectivity index (χ1) is 7.45. The van der Waals surface area contributed by atoms with Crippen LogP contribution in [0.3, 0.4) is 0 Å². The first-order valence-electron chi connectivity index (χ1n) is 5.42. The maximum absolute atomic E-state index is 11.7. The average molecular weight is 242 g/mol. The lowest BCUT2D eigenvalue weighted by Gasteiger charge is -2.09. The van der Waals surface area contributed by atoms with Crippen molar-refractivity contribution in [3.05, 3.63) is 29.8 Å². The molecule has 4 heteroatoms. The standard InChI is InChI=1S/C12H18O3S/c1-4-10(2)9-15-16(13,14)12-7-5-11(3)6-8-12/h5-8,10H,4,9H2,1-3H3/t10-/m0/s1. The van der Waals surface area contributed by atoms with Crippen LogP contribution in [0.2, 0.25) is 0 Å². The summed E-state index contributed by atoms with van der Waals surface area (Å²) in [6.07, 6.45) is 0.906. The molecule has 0 unspecified atom stereocenters. The van der Waals surface area contributed by atoms with E-state index in [0.717, 1.165) is 12.0 Å². The fraction of sp³-hybridized carbons (Fsp3) is 0.500. The predicted octanol–water partition coefficient (Wildman–Crippen LogP) is 2.75. The summed E-state index contributed by atoms with van der Waals surface area (Å²) in [5.74, 6) is 0.250. The van der Waals surface area contributed by atoms with Gasteiger partial charge in [0.2, 0.25) is 0 Å². The molecule has 90 valence electrons. The van der Waals surface area contributed by atoms with Crippen molar-refractivity contribution in [2.24, 2.45) is 5.92 Å². The molecule has 0 spiro atoms. The molecule has 0 aromatic heterocycles. The van der Waals surface area contributed by atoms with Gasteiger partial charge < -0.3 is 0 Å². The Bertz CT molecular complexity index is 420. The van der Waals surface area contributed by atoms with Crippen molar-refractivity contribution in [3.8, 4) is 0 Å². The van der Waals surface area contributed by atoms with Crippen LogP contribution in [-0.2, 0) is 14.3 Å². The first kappa shape index (κ1) is 13.2. The Morgan fingerprint density at radius 3 is 2.31 bits per heavy atom. The second kappa shape index (κ2) is 5.46. The third-order valence-corrected chi connectivity index (χ3v) is 3.81. The lowest BCUT2D eigenvalue weighted by molar-refractivity contribution is 0.261. The number of rotatable bonds is 5. The van der Waals surface area contributed by atoms with Gasteiger partial charge in [-0.3, -0.25) is 4.18 Å². The van der Waals surface area contributed by atoms with Gasteiger partial charge in [-0.2, -0.15) is 8.42 Å². The summed E-state index contributed by atoms with van der Waals surface area (Å²) in [5, 5.41) is 0. The molecule has 0 fully saturated rings. The van der Waals surface area contributed by atoms with Crippen molar-refractivity contribution < 1.29 is 12.6 Å². The second-order valence-corrected chi connectivity index (χ2v) is 5.68. The Hall–Kier alpha value is -0.870. The maximum atomic E-state index is 11.7. The first-order valence-corrected chi connectivity index (χ1v) is 6.82. The average Bonchev–Trinajstić information content (AvgIpc) is 2.26. The van der Waals surface area contributed by atoms with Gasteiger partial charge in [-0.1, -0.05) is 38.0 Å². The Labute approximate surface area is 97.6 Å². The van der Waals surface area contributed by atoms with E-state index in [-0.39, 0.29) is 17.4 Å². The Kier molecular flexibility index (Phi) is 4.50. The van der Waals surface area contributed by atoms with Gasteiger partial charge in [0.1, 0.15) is 0 Å². The quantitative estimate of drug-likeness (QED) is 0.746. The summed E-state index contributed by atoms with van der Waals surface area (Å²) < 4.78 is 28.5. The molecule has 1 rings (SSSR count). The number of hydrogen-bond donors (Lipinski definition) is 0. The van der Waals surface area contributed by atoms with Gasteiger partial charge in [-0.05, 0) is 25.0 Å². The lowest BCUT2D eigenvalue weighted by Crippen LogP contribution is -2.12. The molecule has 1 aromatic carbocycles. The molecule has 1 aromatic rings. The van der Waals surface area contributed by atoms with Crippen LogP contribution in [0, 0.1) is 12.8 Å². The predicted molar refractivity (Wildman–Crippen MR) is 63.8 cm³/mol. The summed E-state index contributed by atoms with van der Waals surface area (Å²) in [7, 11) is -3.58. The van der Waals surface area contributed by atoms with E-state index in [1.165, 1.54) is 0 Å². The van der Waals surface area contributed by atoms with Crippen LogP contribution in [0.15, 0.2) is 29.2 Å². The monoisotopic (exact) mass is 242 g/mol. The lowest BCUT2D eigenvalue weighted by atomic mass is 10.1. The Balaban J connectivity index is 2.74. The van der Waals surface area contributed by atoms with E-state index in [4.69, 9.17) is 4.18 Å². The Morgan fingerprint density at radius 1 is 1.25 bits per heavy atom. The van der Waals surface area contributed by atoms with Crippen molar-refractivity contribution >= 4 is 10.1 Å². The van der Waals surface area contributed by atoms with Gasteiger partial charge in [0, 0.05) is 0 Å². The van der Waals surface area contributed by atoms with Crippen molar-refractivity contribution in [3.63, 3.8) is 0 Å². The van der Waals surface area contributed by atoms with Crippen LogP contribution < -0.4 is 0 Å². The highest BCUT2D eigenvalue weighted by Gasteiger charge is 2.15. The largest absolute Gasteiger partial charge is 0.296 e. The zero-order valence-corrected chi connectivity index (χ0v) is 10.8. The van der Waals surface area contributed by atoms with E-state index >= 15 is 0 Å². The second-order valence-electron chi connectivity index (χ2n) is 4.07. The molecular formula is C12H18O3S. The molecule has 3 nitrogen and oxygen atoms in total. The van der Waals surface area contributed by atoms with Crippen molar-refractivity contribution in [1.29, 1.82) is 0 Å². The zero-order valence-electron chi connectivity index (χ0n) is 9.93. The minimum absolute atomic E-state index is 0.224. The Morgan fingerprint density at radius 2 is 1.81 bits per heavy atom. The van der Waals surface area contributed by atoms with E-state index in [2.05, 4.69) is 0 Å². The fourth-order valence-electron chi connectivity index (χ4n) is 1.10. The third kappa shape index (κ3) is 3.61. The van der Waals surface area contributed by atoms with E-state index in [9.17, 15) is 8.42 Å². The van der Waals surface area contributed by atoms with Crippen molar-refractivity contribution in [1.82, 2.24) is 0 Å². The maximum Gasteiger partial charge on any atom is 0.296 e. The molecule has 0 radical (unpaired) electrons. The van der Waals surface area contributed by atoms with Gasteiger partial charge in [-0.25, -0.2) is 0 Å². The van der Waals surface area contributed by atoms with E-state index in [1.807, 2.05) is 20.8 Å². The van der Waals surface area contributed by atoms with Gasteiger partial charge in [-0.15, -0.1) is 0 Å². The molecule has 0 aliphatic rings. The van der Waals surface area contributed by atoms with Crippen molar-refractivity contribution in [2.75, 3.05) is 6.61 Å². The minimum atomic E-state index is -3.58. The summed E-state index contributed by atoms with van der Waals surface area (Å²) in [5.41, 5.74) is 1.03. The molecule has 0 heterocycles. The molecule has 0 aliphatic carbocycles. The van der Waals surface area contributed by atoms with Crippen LogP contribution in [0.4, 0.5) is 0 Å². The van der Waals surface area contributed by atoms with E-state index in [0.29, 0.717) is 0 Å². The summed E-state index contributed by atoms with van der Waals surface area (Å²) in [6.45, 7) is 6.13. The molecule has 0 saturated heterocycles. The molecular weight excluding hydrogens is 224 g/mol. The summed E-state index contributed by atoms with van der Waals surface area (Å²) in [4.78, 5) is 0.224. The highest BCUT2D eigenvalue weighted by molar-refractivity contribution is 7.86. The molecule has 0 amide bonds. The van der Waals surface area contributed by atoms with E-state index < -0.39 is 10.1 Å². The van der Waals surface area contributed by atoms with Crippen LogP contribution in [0.1, 0.15) is 25.8 Å². The smallest absolute Gasteiger partial charge is 0.266 e. The normalized spacial score (nSPS) is 13.7. The van der Waals surface area contributed by atoms with Gasteiger partial charge >= 0.3 is 0 Å². The highest BCUT2D eigenvalue weighted by Crippen LogP contribution is 2.14. The molecule has 0 aliphatic heterocycles. The zero-order chi connectivity index (χ0) is 12.2. The SMILES string of the molecule is CC[C@H](C)COS(=O)(=O)c1ccc(C)cc1. The summed E-state index contributed by atoms with van der Waals surface area (Å²) >= 11 is 0. The van der Waals surface area contributed by atoms with Crippen LogP contribution in [0.5, 0.6) is 0 Å². The fourth-order valence-corrected chi connectivity index (χ4v) is 2.11. The van der Waals surface area contributed by atoms with Gasteiger partial charge in [0.05, 0.1) is 11.5 Å². The van der Waals surface area contributed by atoms with Crippen LogP contribution in [-0.4, -0.2) is 15.0 Å². The van der Waals surface area contributed by atoms with Gasteiger partial charge in [0.15, 0.2) is 0 Å². The minimum Gasteiger partial charge on any atom is -0.266 e. The molecule has 0 N–H and O–H groups in total. The number of aryl methyl sites for hydroxylation is 1. The number of benzene rings is 1. The topological polar surface area (TPSA) is 43.4 Å². The molecule has 0 bridgehead atoms. The van der Waals surface area contributed by atoms with E-state index in [1.54, 1.807) is 24.3 Å².